The largest absolute Gasteiger partial charge is 0.119 e. The van der Waals surface area contributed by atoms with Gasteiger partial charge in [0.25, 0.3) is 0 Å². The van der Waals surface area contributed by atoms with E-state index in [1.54, 1.807) is 0 Å². The van der Waals surface area contributed by atoms with E-state index in [2.05, 4.69) is 55.9 Å². The SMILES string of the molecule is CC(C)C1(Sc2ccccc2)CCC1. The van der Waals surface area contributed by atoms with Gasteiger partial charge in [-0.05, 0) is 30.9 Å². The molecule has 1 aromatic rings. The van der Waals surface area contributed by atoms with Crippen LogP contribution in [-0.4, -0.2) is 4.75 Å². The molecule has 0 amide bonds. The van der Waals surface area contributed by atoms with E-state index in [0.717, 1.165) is 5.92 Å². The molecular formula is C13H18S. The molecular weight excluding hydrogens is 188 g/mol. The second-order valence-corrected chi connectivity index (χ2v) is 5.98. The van der Waals surface area contributed by atoms with Gasteiger partial charge >= 0.3 is 0 Å². The van der Waals surface area contributed by atoms with Gasteiger partial charge in [0, 0.05) is 9.64 Å². The van der Waals surface area contributed by atoms with Crippen LogP contribution < -0.4 is 0 Å². The molecule has 76 valence electrons. The highest BCUT2D eigenvalue weighted by atomic mass is 32.2. The van der Waals surface area contributed by atoms with Crippen molar-refractivity contribution >= 4 is 11.8 Å². The molecule has 1 heteroatoms. The van der Waals surface area contributed by atoms with Crippen LogP contribution in [0.4, 0.5) is 0 Å². The molecule has 1 fully saturated rings. The smallest absolute Gasteiger partial charge is 0.0230 e. The van der Waals surface area contributed by atoms with E-state index in [1.165, 1.54) is 24.2 Å². The number of thioether (sulfide) groups is 1. The van der Waals surface area contributed by atoms with Crippen LogP contribution in [0.2, 0.25) is 0 Å². The van der Waals surface area contributed by atoms with Gasteiger partial charge in [0.05, 0.1) is 0 Å². The van der Waals surface area contributed by atoms with Crippen molar-refractivity contribution in [3.05, 3.63) is 30.3 Å². The topological polar surface area (TPSA) is 0 Å². The first-order chi connectivity index (χ1) is 6.73. The Balaban J connectivity index is 2.09. The van der Waals surface area contributed by atoms with Crippen LogP contribution >= 0.6 is 11.8 Å². The van der Waals surface area contributed by atoms with Crippen LogP contribution in [0.5, 0.6) is 0 Å². The maximum atomic E-state index is 2.36. The molecule has 0 spiro atoms. The predicted octanol–water partition coefficient (Wildman–Crippen LogP) is 4.36. The van der Waals surface area contributed by atoms with E-state index >= 15 is 0 Å². The van der Waals surface area contributed by atoms with Gasteiger partial charge in [0.1, 0.15) is 0 Å². The lowest BCUT2D eigenvalue weighted by Gasteiger charge is -2.45. The molecule has 0 heterocycles. The van der Waals surface area contributed by atoms with Crippen LogP contribution in [0.15, 0.2) is 35.2 Å². The minimum Gasteiger partial charge on any atom is -0.119 e. The van der Waals surface area contributed by atoms with Crippen molar-refractivity contribution in [1.29, 1.82) is 0 Å². The van der Waals surface area contributed by atoms with E-state index in [4.69, 9.17) is 0 Å². The summed E-state index contributed by atoms with van der Waals surface area (Å²) in [6.07, 6.45) is 4.20. The van der Waals surface area contributed by atoms with Crippen LogP contribution in [0.3, 0.4) is 0 Å². The van der Waals surface area contributed by atoms with Crippen molar-refractivity contribution in [3.63, 3.8) is 0 Å². The van der Waals surface area contributed by atoms with Crippen molar-refractivity contribution in [2.45, 2.75) is 42.8 Å². The molecule has 1 aliphatic carbocycles. The predicted molar refractivity (Wildman–Crippen MR) is 63.7 cm³/mol. The quantitative estimate of drug-likeness (QED) is 0.708. The van der Waals surface area contributed by atoms with Gasteiger partial charge < -0.3 is 0 Å². The molecule has 0 bridgehead atoms. The highest BCUT2D eigenvalue weighted by Crippen LogP contribution is 2.52. The molecule has 0 atom stereocenters. The molecule has 0 nitrogen and oxygen atoms in total. The molecule has 0 radical (unpaired) electrons. The van der Waals surface area contributed by atoms with Gasteiger partial charge in [-0.15, -0.1) is 11.8 Å². The van der Waals surface area contributed by atoms with Gasteiger partial charge in [-0.2, -0.15) is 0 Å². The summed E-state index contributed by atoms with van der Waals surface area (Å²) in [6, 6.07) is 10.8. The third kappa shape index (κ3) is 1.83. The first-order valence-corrected chi connectivity index (χ1v) is 6.29. The summed E-state index contributed by atoms with van der Waals surface area (Å²) in [5, 5.41) is 0. The van der Waals surface area contributed by atoms with Gasteiger partial charge in [0.2, 0.25) is 0 Å². The average Bonchev–Trinajstić information content (AvgIpc) is 2.12. The Labute approximate surface area is 91.1 Å². The molecule has 2 rings (SSSR count). The number of benzene rings is 1. The Morgan fingerprint density at radius 1 is 1.14 bits per heavy atom. The number of hydrogen-bond donors (Lipinski definition) is 0. The second-order valence-electron chi connectivity index (χ2n) is 4.49. The van der Waals surface area contributed by atoms with E-state index < -0.39 is 0 Å². The first-order valence-electron chi connectivity index (χ1n) is 5.47. The van der Waals surface area contributed by atoms with Gasteiger partial charge in [-0.3, -0.25) is 0 Å². The fourth-order valence-electron chi connectivity index (χ4n) is 2.05. The van der Waals surface area contributed by atoms with Crippen LogP contribution in [0.25, 0.3) is 0 Å². The Kier molecular flexibility index (Phi) is 2.87. The molecule has 1 aliphatic rings. The van der Waals surface area contributed by atoms with Crippen molar-refractivity contribution in [3.8, 4) is 0 Å². The van der Waals surface area contributed by atoms with Crippen LogP contribution in [0.1, 0.15) is 33.1 Å². The van der Waals surface area contributed by atoms with Crippen LogP contribution in [0, 0.1) is 5.92 Å². The molecule has 14 heavy (non-hydrogen) atoms. The highest BCUT2D eigenvalue weighted by Gasteiger charge is 2.40. The summed E-state index contributed by atoms with van der Waals surface area (Å²) >= 11 is 2.09. The molecule has 0 aromatic heterocycles. The van der Waals surface area contributed by atoms with Crippen molar-refractivity contribution in [2.24, 2.45) is 5.92 Å². The van der Waals surface area contributed by atoms with Crippen molar-refractivity contribution < 1.29 is 0 Å². The second kappa shape index (κ2) is 3.98. The molecule has 0 aliphatic heterocycles. The summed E-state index contributed by atoms with van der Waals surface area (Å²) in [7, 11) is 0. The standard InChI is InChI=1S/C13H18S/c1-11(2)13(9-6-10-13)14-12-7-4-3-5-8-12/h3-5,7-8,11H,6,9-10H2,1-2H3. The van der Waals surface area contributed by atoms with E-state index in [1.807, 2.05) is 0 Å². The lowest BCUT2D eigenvalue weighted by Crippen LogP contribution is -2.38. The minimum absolute atomic E-state index is 0.543. The zero-order valence-electron chi connectivity index (χ0n) is 8.99. The fraction of sp³-hybridized carbons (Fsp3) is 0.538. The normalized spacial score (nSPS) is 19.4. The summed E-state index contributed by atoms with van der Waals surface area (Å²) in [4.78, 5) is 1.43. The van der Waals surface area contributed by atoms with Gasteiger partial charge in [0.15, 0.2) is 0 Å². The maximum absolute atomic E-state index is 2.36. The van der Waals surface area contributed by atoms with Crippen molar-refractivity contribution in [2.75, 3.05) is 0 Å². The molecule has 1 aromatic carbocycles. The van der Waals surface area contributed by atoms with Gasteiger partial charge in [-0.25, -0.2) is 0 Å². The fourth-order valence-corrected chi connectivity index (χ4v) is 3.54. The van der Waals surface area contributed by atoms with Crippen molar-refractivity contribution in [1.82, 2.24) is 0 Å². The molecule has 0 N–H and O–H groups in total. The third-order valence-corrected chi connectivity index (χ3v) is 5.11. The summed E-state index contributed by atoms with van der Waals surface area (Å²) in [5.74, 6) is 0.793. The Morgan fingerprint density at radius 2 is 1.79 bits per heavy atom. The molecule has 0 saturated heterocycles. The number of rotatable bonds is 3. The Morgan fingerprint density at radius 3 is 2.21 bits per heavy atom. The third-order valence-electron chi connectivity index (χ3n) is 3.32. The monoisotopic (exact) mass is 206 g/mol. The van der Waals surface area contributed by atoms with Gasteiger partial charge in [-0.1, -0.05) is 38.5 Å². The lowest BCUT2D eigenvalue weighted by atomic mass is 9.76. The lowest BCUT2D eigenvalue weighted by molar-refractivity contribution is 0.280. The zero-order chi connectivity index (χ0) is 10.0. The first kappa shape index (κ1) is 10.1. The summed E-state index contributed by atoms with van der Waals surface area (Å²) in [5.41, 5.74) is 0. The Bertz CT molecular complexity index is 285. The number of hydrogen-bond acceptors (Lipinski definition) is 1. The van der Waals surface area contributed by atoms with Crippen LogP contribution in [-0.2, 0) is 0 Å². The summed E-state index contributed by atoms with van der Waals surface area (Å²) in [6.45, 7) is 4.71. The van der Waals surface area contributed by atoms with E-state index in [-0.39, 0.29) is 0 Å². The molecule has 0 unspecified atom stereocenters. The summed E-state index contributed by atoms with van der Waals surface area (Å²) < 4.78 is 0.543. The van der Waals surface area contributed by atoms with E-state index in [9.17, 15) is 0 Å². The van der Waals surface area contributed by atoms with E-state index in [0.29, 0.717) is 4.75 Å². The zero-order valence-corrected chi connectivity index (χ0v) is 9.81. The maximum Gasteiger partial charge on any atom is 0.0230 e. The molecule has 1 saturated carbocycles. The Hall–Kier alpha value is -0.430. The minimum atomic E-state index is 0.543. The average molecular weight is 206 g/mol. The highest BCUT2D eigenvalue weighted by molar-refractivity contribution is 8.00.